The summed E-state index contributed by atoms with van der Waals surface area (Å²) in [4.78, 5) is 0.409. The first-order valence-electron chi connectivity index (χ1n) is 7.28. The monoisotopic (exact) mass is 311 g/mol. The van der Waals surface area contributed by atoms with Gasteiger partial charge < -0.3 is 9.47 Å². The Morgan fingerprint density at radius 1 is 1.10 bits per heavy atom. The second kappa shape index (κ2) is 5.35. The van der Waals surface area contributed by atoms with Crippen LogP contribution in [0.3, 0.4) is 0 Å². The van der Waals surface area contributed by atoms with Crippen LogP contribution in [-0.4, -0.2) is 44.8 Å². The van der Waals surface area contributed by atoms with Crippen LogP contribution in [0.25, 0.3) is 0 Å². The van der Waals surface area contributed by atoms with Gasteiger partial charge in [-0.1, -0.05) is 12.1 Å². The van der Waals surface area contributed by atoms with Crippen molar-refractivity contribution < 1.29 is 17.9 Å². The fourth-order valence-electron chi connectivity index (χ4n) is 2.98. The molecule has 6 heteroatoms. The maximum absolute atomic E-state index is 12.8. The Morgan fingerprint density at radius 3 is 2.33 bits per heavy atom. The quantitative estimate of drug-likeness (QED) is 0.836. The van der Waals surface area contributed by atoms with Gasteiger partial charge >= 0.3 is 0 Å². The van der Waals surface area contributed by atoms with E-state index >= 15 is 0 Å². The minimum absolute atomic E-state index is 0.409. The van der Waals surface area contributed by atoms with E-state index in [1.165, 1.54) is 0 Å². The number of nitrogens with zero attached hydrogens (tertiary/aromatic N) is 1. The second-order valence-corrected chi connectivity index (χ2v) is 7.69. The molecule has 1 aromatic carbocycles. The van der Waals surface area contributed by atoms with Crippen molar-refractivity contribution in [1.29, 1.82) is 0 Å². The minimum Gasteiger partial charge on any atom is -0.347 e. The van der Waals surface area contributed by atoms with Crippen LogP contribution >= 0.6 is 0 Å². The number of aryl methyl sites for hydroxylation is 2. The normalized spacial score (nSPS) is 22.8. The number of ether oxygens (including phenoxy) is 2. The Bertz CT molecular complexity index is 625. The first-order valence-corrected chi connectivity index (χ1v) is 8.72. The van der Waals surface area contributed by atoms with Crippen molar-refractivity contribution in [2.24, 2.45) is 0 Å². The average molecular weight is 311 g/mol. The summed E-state index contributed by atoms with van der Waals surface area (Å²) in [6.45, 7) is 5.82. The van der Waals surface area contributed by atoms with Crippen molar-refractivity contribution in [2.75, 3.05) is 26.3 Å². The molecular weight excluding hydrogens is 290 g/mol. The summed E-state index contributed by atoms with van der Waals surface area (Å²) in [5.74, 6) is -0.548. The molecule has 0 amide bonds. The van der Waals surface area contributed by atoms with Crippen molar-refractivity contribution in [2.45, 2.75) is 37.4 Å². The lowest BCUT2D eigenvalue weighted by atomic mass is 10.1. The summed E-state index contributed by atoms with van der Waals surface area (Å²) < 4.78 is 38.5. The Kier molecular flexibility index (Phi) is 3.81. The van der Waals surface area contributed by atoms with Crippen LogP contribution in [0.5, 0.6) is 0 Å². The minimum atomic E-state index is -3.44. The molecule has 21 heavy (non-hydrogen) atoms. The number of sulfonamides is 1. The average Bonchev–Trinajstić information content (AvgIpc) is 2.90. The first kappa shape index (κ1) is 15.0. The van der Waals surface area contributed by atoms with Gasteiger partial charge in [0.05, 0.1) is 18.1 Å². The zero-order valence-electron chi connectivity index (χ0n) is 12.5. The molecule has 2 heterocycles. The summed E-state index contributed by atoms with van der Waals surface area (Å²) in [5, 5.41) is 0. The van der Waals surface area contributed by atoms with Crippen molar-refractivity contribution in [3.8, 4) is 0 Å². The molecule has 2 aliphatic rings. The summed E-state index contributed by atoms with van der Waals surface area (Å²) >= 11 is 0. The highest BCUT2D eigenvalue weighted by Crippen LogP contribution is 2.33. The van der Waals surface area contributed by atoms with E-state index in [4.69, 9.17) is 9.47 Å². The number of rotatable bonds is 2. The van der Waals surface area contributed by atoms with Crippen LogP contribution < -0.4 is 0 Å². The fourth-order valence-corrected chi connectivity index (χ4v) is 4.73. The van der Waals surface area contributed by atoms with Crippen LogP contribution in [-0.2, 0) is 19.5 Å². The number of hydrogen-bond donors (Lipinski definition) is 0. The molecule has 0 aromatic heterocycles. The molecule has 1 spiro atoms. The number of benzene rings is 1. The van der Waals surface area contributed by atoms with E-state index in [1.54, 1.807) is 10.4 Å². The predicted molar refractivity (Wildman–Crippen MR) is 78.5 cm³/mol. The molecule has 5 nitrogen and oxygen atoms in total. The van der Waals surface area contributed by atoms with Crippen LogP contribution in [0.1, 0.15) is 24.0 Å². The van der Waals surface area contributed by atoms with Gasteiger partial charge in [0.1, 0.15) is 0 Å². The zero-order valence-corrected chi connectivity index (χ0v) is 13.3. The lowest BCUT2D eigenvalue weighted by Gasteiger charge is -2.37. The van der Waals surface area contributed by atoms with Gasteiger partial charge in [-0.15, -0.1) is 0 Å². The van der Waals surface area contributed by atoms with Gasteiger partial charge in [-0.3, -0.25) is 0 Å². The van der Waals surface area contributed by atoms with Gasteiger partial charge in [0.2, 0.25) is 10.0 Å². The summed E-state index contributed by atoms with van der Waals surface area (Å²) in [6.07, 6.45) is 1.19. The Hall–Kier alpha value is -0.950. The standard InChI is InChI=1S/C15H21NO4S/c1-12-3-4-13(2)14(11-12)21(17,18)16-7-5-15(6-8-16)19-9-10-20-15/h3-4,11H,5-10H2,1-2H3. The van der Waals surface area contributed by atoms with Crippen molar-refractivity contribution >= 4 is 10.0 Å². The molecule has 116 valence electrons. The molecular formula is C15H21NO4S. The molecule has 1 aromatic rings. The van der Waals surface area contributed by atoms with Crippen molar-refractivity contribution in [1.82, 2.24) is 4.31 Å². The maximum atomic E-state index is 12.8. The molecule has 0 atom stereocenters. The second-order valence-electron chi connectivity index (χ2n) is 5.78. The van der Waals surface area contributed by atoms with E-state index in [2.05, 4.69) is 0 Å². The Labute approximate surface area is 125 Å². The van der Waals surface area contributed by atoms with E-state index < -0.39 is 15.8 Å². The predicted octanol–water partition coefficient (Wildman–Crippen LogP) is 1.83. The van der Waals surface area contributed by atoms with Crippen LogP contribution in [0.15, 0.2) is 23.1 Å². The molecule has 0 radical (unpaired) electrons. The van der Waals surface area contributed by atoms with Crippen LogP contribution in [0.4, 0.5) is 0 Å². The van der Waals surface area contributed by atoms with E-state index in [9.17, 15) is 8.42 Å². The van der Waals surface area contributed by atoms with Gasteiger partial charge in [0.25, 0.3) is 0 Å². The van der Waals surface area contributed by atoms with Gasteiger partial charge in [0, 0.05) is 25.9 Å². The maximum Gasteiger partial charge on any atom is 0.243 e. The molecule has 0 bridgehead atoms. The highest BCUT2D eigenvalue weighted by atomic mass is 32.2. The summed E-state index contributed by atoms with van der Waals surface area (Å²) in [7, 11) is -3.44. The van der Waals surface area contributed by atoms with E-state index in [0.717, 1.165) is 11.1 Å². The summed E-state index contributed by atoms with van der Waals surface area (Å²) in [5.41, 5.74) is 1.74. The molecule has 0 aliphatic carbocycles. The molecule has 0 N–H and O–H groups in total. The molecule has 0 saturated carbocycles. The van der Waals surface area contributed by atoms with E-state index in [0.29, 0.717) is 44.0 Å². The molecule has 0 unspecified atom stereocenters. The first-order chi connectivity index (χ1) is 9.93. The Morgan fingerprint density at radius 2 is 1.71 bits per heavy atom. The topological polar surface area (TPSA) is 55.8 Å². The molecule has 2 fully saturated rings. The smallest absolute Gasteiger partial charge is 0.243 e. The highest BCUT2D eigenvalue weighted by Gasteiger charge is 2.42. The third kappa shape index (κ3) is 2.73. The highest BCUT2D eigenvalue weighted by molar-refractivity contribution is 7.89. The van der Waals surface area contributed by atoms with Gasteiger partial charge in [0.15, 0.2) is 5.79 Å². The lowest BCUT2D eigenvalue weighted by Crippen LogP contribution is -2.47. The molecule has 2 aliphatic heterocycles. The Balaban J connectivity index is 1.82. The lowest BCUT2D eigenvalue weighted by molar-refractivity contribution is -0.179. The molecule has 3 rings (SSSR count). The summed E-state index contributed by atoms with van der Waals surface area (Å²) in [6, 6.07) is 5.54. The molecule has 2 saturated heterocycles. The van der Waals surface area contributed by atoms with Crippen molar-refractivity contribution in [3.63, 3.8) is 0 Å². The van der Waals surface area contributed by atoms with Crippen LogP contribution in [0.2, 0.25) is 0 Å². The number of piperidine rings is 1. The SMILES string of the molecule is Cc1ccc(C)c(S(=O)(=O)N2CCC3(CC2)OCCO3)c1. The van der Waals surface area contributed by atoms with Crippen LogP contribution in [0, 0.1) is 13.8 Å². The third-order valence-corrected chi connectivity index (χ3v) is 6.30. The fraction of sp³-hybridized carbons (Fsp3) is 0.600. The van der Waals surface area contributed by atoms with Gasteiger partial charge in [-0.25, -0.2) is 8.42 Å². The zero-order chi connectivity index (χ0) is 15.1. The van der Waals surface area contributed by atoms with E-state index in [-0.39, 0.29) is 0 Å². The van der Waals surface area contributed by atoms with Gasteiger partial charge in [-0.05, 0) is 31.0 Å². The van der Waals surface area contributed by atoms with Crippen molar-refractivity contribution in [3.05, 3.63) is 29.3 Å². The van der Waals surface area contributed by atoms with Gasteiger partial charge in [-0.2, -0.15) is 4.31 Å². The van der Waals surface area contributed by atoms with E-state index in [1.807, 2.05) is 26.0 Å². The number of hydrogen-bond acceptors (Lipinski definition) is 4. The largest absolute Gasteiger partial charge is 0.347 e. The third-order valence-electron chi connectivity index (χ3n) is 4.26.